The SMILES string of the molecule is COc1cc(/C=C/C(=O)Oc2ccc(/C=C\C#N)cc2OC)ccc1OCc1ccc(Cl)cc1. The molecular weight excluding hydrogens is 454 g/mol. The van der Waals surface area contributed by atoms with Gasteiger partial charge in [0.2, 0.25) is 0 Å². The van der Waals surface area contributed by atoms with Crippen LogP contribution in [0.3, 0.4) is 0 Å². The Labute approximate surface area is 203 Å². The lowest BCUT2D eigenvalue weighted by atomic mass is 10.2. The summed E-state index contributed by atoms with van der Waals surface area (Å²) in [6, 6.07) is 19.7. The Morgan fingerprint density at radius 1 is 0.882 bits per heavy atom. The van der Waals surface area contributed by atoms with E-state index in [1.54, 1.807) is 67.8 Å². The minimum absolute atomic E-state index is 0.273. The fourth-order valence-electron chi connectivity index (χ4n) is 2.96. The number of carbonyl (C=O) groups is 1. The van der Waals surface area contributed by atoms with Crippen molar-refractivity contribution in [3.05, 3.63) is 94.5 Å². The second-order valence-electron chi connectivity index (χ2n) is 6.95. The number of hydrogen-bond acceptors (Lipinski definition) is 6. The summed E-state index contributed by atoms with van der Waals surface area (Å²) in [4.78, 5) is 12.3. The van der Waals surface area contributed by atoms with E-state index >= 15 is 0 Å². The number of esters is 1. The van der Waals surface area contributed by atoms with Crippen LogP contribution in [-0.4, -0.2) is 20.2 Å². The van der Waals surface area contributed by atoms with Crippen molar-refractivity contribution in [2.75, 3.05) is 14.2 Å². The lowest BCUT2D eigenvalue weighted by Gasteiger charge is -2.11. The molecule has 0 amide bonds. The van der Waals surface area contributed by atoms with Gasteiger partial charge < -0.3 is 18.9 Å². The largest absolute Gasteiger partial charge is 0.493 e. The molecule has 0 bridgehead atoms. The molecule has 0 unspecified atom stereocenters. The summed E-state index contributed by atoms with van der Waals surface area (Å²) < 4.78 is 21.9. The van der Waals surface area contributed by atoms with E-state index in [4.69, 9.17) is 35.8 Å². The molecule has 6 nitrogen and oxygen atoms in total. The van der Waals surface area contributed by atoms with Gasteiger partial charge in [-0.05, 0) is 65.2 Å². The Hall–Kier alpha value is -4.21. The van der Waals surface area contributed by atoms with E-state index < -0.39 is 5.97 Å². The summed E-state index contributed by atoms with van der Waals surface area (Å²) in [6.07, 6.45) is 5.91. The number of hydrogen-bond donors (Lipinski definition) is 0. The first-order chi connectivity index (χ1) is 16.5. The standard InChI is InChI=1S/C27H22ClNO5/c1-31-25-17-20(7-12-23(25)33-18-21-5-10-22(28)11-6-21)9-14-27(30)34-24-13-8-19(4-3-15-29)16-26(24)32-2/h3-14,16-17H,18H2,1-2H3/b4-3-,14-9+. The van der Waals surface area contributed by atoms with Gasteiger partial charge in [0.1, 0.15) is 6.61 Å². The summed E-state index contributed by atoms with van der Waals surface area (Å²) in [5.74, 6) is 1.20. The van der Waals surface area contributed by atoms with E-state index in [1.807, 2.05) is 18.2 Å². The van der Waals surface area contributed by atoms with Crippen LogP contribution >= 0.6 is 11.6 Å². The van der Waals surface area contributed by atoms with E-state index in [2.05, 4.69) is 0 Å². The van der Waals surface area contributed by atoms with Crippen molar-refractivity contribution in [2.24, 2.45) is 0 Å². The number of carbonyl (C=O) groups excluding carboxylic acids is 1. The van der Waals surface area contributed by atoms with Gasteiger partial charge in [0, 0.05) is 17.2 Å². The fraction of sp³-hybridized carbons (Fsp3) is 0.111. The van der Waals surface area contributed by atoms with Crippen molar-refractivity contribution in [1.82, 2.24) is 0 Å². The molecular formula is C27H22ClNO5. The molecule has 0 radical (unpaired) electrons. The van der Waals surface area contributed by atoms with Gasteiger partial charge in [-0.2, -0.15) is 5.26 Å². The molecule has 7 heteroatoms. The molecule has 0 aliphatic heterocycles. The number of nitrogens with zero attached hydrogens (tertiary/aromatic N) is 1. The van der Waals surface area contributed by atoms with E-state index in [1.165, 1.54) is 19.3 Å². The molecule has 172 valence electrons. The molecule has 3 aromatic rings. The fourth-order valence-corrected chi connectivity index (χ4v) is 3.09. The van der Waals surface area contributed by atoms with E-state index in [0.29, 0.717) is 28.9 Å². The van der Waals surface area contributed by atoms with Crippen molar-refractivity contribution in [2.45, 2.75) is 6.61 Å². The summed E-state index contributed by atoms with van der Waals surface area (Å²) in [5, 5.41) is 9.31. The van der Waals surface area contributed by atoms with Gasteiger partial charge in [0.25, 0.3) is 0 Å². The first-order valence-electron chi connectivity index (χ1n) is 10.2. The van der Waals surface area contributed by atoms with Crippen molar-refractivity contribution >= 4 is 29.7 Å². The van der Waals surface area contributed by atoms with Gasteiger partial charge >= 0.3 is 5.97 Å². The van der Waals surface area contributed by atoms with Crippen LogP contribution in [0, 0.1) is 11.3 Å². The maximum Gasteiger partial charge on any atom is 0.336 e. The molecule has 3 rings (SSSR count). The molecule has 0 spiro atoms. The van der Waals surface area contributed by atoms with Gasteiger partial charge in [-0.15, -0.1) is 0 Å². The lowest BCUT2D eigenvalue weighted by Crippen LogP contribution is -2.05. The van der Waals surface area contributed by atoms with Crippen molar-refractivity contribution in [3.8, 4) is 29.1 Å². The first-order valence-corrected chi connectivity index (χ1v) is 10.6. The van der Waals surface area contributed by atoms with E-state index in [9.17, 15) is 4.79 Å². The average Bonchev–Trinajstić information content (AvgIpc) is 2.86. The number of halogens is 1. The third kappa shape index (κ3) is 6.89. The summed E-state index contributed by atoms with van der Waals surface area (Å²) in [7, 11) is 3.02. The van der Waals surface area contributed by atoms with Crippen LogP contribution in [0.2, 0.25) is 5.02 Å². The van der Waals surface area contributed by atoms with Gasteiger partial charge in [0.05, 0.1) is 20.3 Å². The summed E-state index contributed by atoms with van der Waals surface area (Å²) >= 11 is 5.91. The molecule has 0 saturated heterocycles. The first kappa shape index (κ1) is 24.4. The van der Waals surface area contributed by atoms with Gasteiger partial charge in [-0.3, -0.25) is 0 Å². The molecule has 3 aromatic carbocycles. The van der Waals surface area contributed by atoms with Gasteiger partial charge in [-0.1, -0.05) is 35.9 Å². The highest BCUT2D eigenvalue weighted by atomic mass is 35.5. The molecule has 0 aliphatic rings. The maximum atomic E-state index is 12.3. The Morgan fingerprint density at radius 2 is 1.50 bits per heavy atom. The summed E-state index contributed by atoms with van der Waals surface area (Å²) in [5.41, 5.74) is 2.46. The Bertz CT molecular complexity index is 1240. The number of rotatable bonds is 9. The van der Waals surface area contributed by atoms with Crippen LogP contribution in [0.5, 0.6) is 23.0 Å². The molecule has 0 aliphatic carbocycles. The predicted molar refractivity (Wildman–Crippen MR) is 131 cm³/mol. The minimum Gasteiger partial charge on any atom is -0.493 e. The molecule has 0 atom stereocenters. The lowest BCUT2D eigenvalue weighted by molar-refractivity contribution is -0.129. The molecule has 0 heterocycles. The molecule has 34 heavy (non-hydrogen) atoms. The smallest absolute Gasteiger partial charge is 0.336 e. The number of methoxy groups -OCH3 is 2. The van der Waals surface area contributed by atoms with Crippen LogP contribution in [0.4, 0.5) is 0 Å². The van der Waals surface area contributed by atoms with Crippen LogP contribution in [0.15, 0.2) is 72.8 Å². The monoisotopic (exact) mass is 475 g/mol. The molecule has 0 N–H and O–H groups in total. The van der Waals surface area contributed by atoms with Gasteiger partial charge in [0.15, 0.2) is 23.0 Å². The highest BCUT2D eigenvalue weighted by Gasteiger charge is 2.09. The van der Waals surface area contributed by atoms with Crippen LogP contribution in [-0.2, 0) is 11.4 Å². The molecule has 0 fully saturated rings. The topological polar surface area (TPSA) is 77.8 Å². The van der Waals surface area contributed by atoms with Crippen molar-refractivity contribution in [1.29, 1.82) is 5.26 Å². The van der Waals surface area contributed by atoms with Crippen molar-refractivity contribution in [3.63, 3.8) is 0 Å². The number of nitriles is 1. The zero-order valence-corrected chi connectivity index (χ0v) is 19.4. The molecule has 0 aromatic heterocycles. The maximum absolute atomic E-state index is 12.3. The zero-order chi connectivity index (χ0) is 24.3. The Kier molecular flexibility index (Phi) is 8.73. The normalized spacial score (nSPS) is 10.8. The number of ether oxygens (including phenoxy) is 4. The van der Waals surface area contributed by atoms with Crippen LogP contribution in [0.1, 0.15) is 16.7 Å². The van der Waals surface area contributed by atoms with Crippen molar-refractivity contribution < 1.29 is 23.7 Å². The number of benzene rings is 3. The third-order valence-electron chi connectivity index (χ3n) is 4.66. The van der Waals surface area contributed by atoms with Gasteiger partial charge in [-0.25, -0.2) is 4.79 Å². The second-order valence-corrected chi connectivity index (χ2v) is 7.39. The predicted octanol–water partition coefficient (Wildman–Crippen LogP) is 6.09. The minimum atomic E-state index is -0.569. The number of allylic oxidation sites excluding steroid dienone is 1. The van der Waals surface area contributed by atoms with Crippen LogP contribution in [0.25, 0.3) is 12.2 Å². The highest BCUT2D eigenvalue weighted by Crippen LogP contribution is 2.30. The zero-order valence-electron chi connectivity index (χ0n) is 18.7. The average molecular weight is 476 g/mol. The van der Waals surface area contributed by atoms with E-state index in [0.717, 1.165) is 16.7 Å². The highest BCUT2D eigenvalue weighted by molar-refractivity contribution is 6.30. The quantitative estimate of drug-likeness (QED) is 0.161. The van der Waals surface area contributed by atoms with Crippen LogP contribution < -0.4 is 18.9 Å². The molecule has 0 saturated carbocycles. The summed E-state index contributed by atoms with van der Waals surface area (Å²) in [6.45, 7) is 0.363. The second kappa shape index (κ2) is 12.1. The third-order valence-corrected chi connectivity index (χ3v) is 4.91. The Balaban J connectivity index is 1.65. The van der Waals surface area contributed by atoms with E-state index in [-0.39, 0.29) is 5.75 Å². The Morgan fingerprint density at radius 3 is 2.15 bits per heavy atom.